The Balaban J connectivity index is 2.08. The molecule has 0 radical (unpaired) electrons. The van der Waals surface area contributed by atoms with Crippen LogP contribution in [0.25, 0.3) is 0 Å². The number of benzene rings is 2. The lowest BCUT2D eigenvalue weighted by atomic mass is 9.82. The number of nitrogens with zero attached hydrogens (tertiary/aromatic N) is 2. The SMILES string of the molecule is CCCCC1(COC(=O)C(C)(C)C)C(=O)N(c2ccccc2)N(c2ccccc2)C1=O. The summed E-state index contributed by atoms with van der Waals surface area (Å²) in [4.78, 5) is 40.2. The van der Waals surface area contributed by atoms with Crippen molar-refractivity contribution in [3.05, 3.63) is 60.7 Å². The summed E-state index contributed by atoms with van der Waals surface area (Å²) in [5, 5.41) is 2.83. The zero-order valence-electron chi connectivity index (χ0n) is 18.6. The average Bonchev–Trinajstić information content (AvgIpc) is 2.98. The van der Waals surface area contributed by atoms with Crippen LogP contribution in [0.1, 0.15) is 47.0 Å². The predicted octanol–water partition coefficient (Wildman–Crippen LogP) is 4.75. The summed E-state index contributed by atoms with van der Waals surface area (Å²) < 4.78 is 5.57. The molecule has 1 aliphatic rings. The van der Waals surface area contributed by atoms with E-state index in [1.165, 1.54) is 10.0 Å². The molecule has 1 saturated heterocycles. The molecule has 1 fully saturated rings. The second-order valence-corrected chi connectivity index (χ2v) is 8.92. The highest BCUT2D eigenvalue weighted by molar-refractivity contribution is 6.26. The standard InChI is InChI=1S/C25H30N2O4/c1-5-6-17-25(18-31-23(30)24(2,3)4)21(28)26(19-13-9-7-10-14-19)27(22(25)29)20-15-11-8-12-16-20/h7-16H,5-6,17-18H2,1-4H3. The van der Waals surface area contributed by atoms with Gasteiger partial charge in [-0.25, -0.2) is 10.0 Å². The summed E-state index contributed by atoms with van der Waals surface area (Å²) in [6.07, 6.45) is 1.78. The molecule has 6 heteroatoms. The summed E-state index contributed by atoms with van der Waals surface area (Å²) in [6, 6.07) is 18.2. The minimum atomic E-state index is -1.46. The maximum Gasteiger partial charge on any atom is 0.311 e. The maximum atomic E-state index is 13.9. The smallest absolute Gasteiger partial charge is 0.311 e. The first kappa shape index (κ1) is 22.5. The fraction of sp³-hybridized carbons (Fsp3) is 0.400. The van der Waals surface area contributed by atoms with Crippen molar-refractivity contribution >= 4 is 29.2 Å². The average molecular weight is 423 g/mol. The molecule has 0 atom stereocenters. The van der Waals surface area contributed by atoms with Gasteiger partial charge in [0, 0.05) is 0 Å². The van der Waals surface area contributed by atoms with Crippen LogP contribution >= 0.6 is 0 Å². The number of ether oxygens (including phenoxy) is 1. The Morgan fingerprint density at radius 3 is 1.71 bits per heavy atom. The van der Waals surface area contributed by atoms with Gasteiger partial charge in [-0.3, -0.25) is 14.4 Å². The molecule has 1 heterocycles. The normalized spacial score (nSPS) is 16.0. The van der Waals surface area contributed by atoms with Crippen LogP contribution in [-0.2, 0) is 19.1 Å². The van der Waals surface area contributed by atoms with Crippen molar-refractivity contribution in [1.82, 2.24) is 0 Å². The Morgan fingerprint density at radius 2 is 1.32 bits per heavy atom. The highest BCUT2D eigenvalue weighted by Crippen LogP contribution is 2.42. The molecule has 0 aliphatic carbocycles. The van der Waals surface area contributed by atoms with Gasteiger partial charge in [0.25, 0.3) is 11.8 Å². The monoisotopic (exact) mass is 422 g/mol. The summed E-state index contributed by atoms with van der Waals surface area (Å²) in [5.41, 5.74) is -1.01. The second-order valence-electron chi connectivity index (χ2n) is 8.92. The van der Waals surface area contributed by atoms with Crippen LogP contribution in [0.15, 0.2) is 60.7 Å². The van der Waals surface area contributed by atoms with Gasteiger partial charge in [0.15, 0.2) is 5.41 Å². The van der Waals surface area contributed by atoms with Crippen molar-refractivity contribution in [1.29, 1.82) is 0 Å². The Bertz CT molecular complexity index is 877. The number of hydrogen-bond acceptors (Lipinski definition) is 4. The van der Waals surface area contributed by atoms with Crippen LogP contribution < -0.4 is 10.0 Å². The molecule has 0 spiro atoms. The van der Waals surface area contributed by atoms with Crippen LogP contribution in [0.5, 0.6) is 0 Å². The van der Waals surface area contributed by atoms with Crippen LogP contribution in [0.4, 0.5) is 11.4 Å². The zero-order chi connectivity index (χ0) is 22.6. The van der Waals surface area contributed by atoms with Crippen molar-refractivity contribution in [2.24, 2.45) is 10.8 Å². The molecule has 0 aromatic heterocycles. The molecule has 2 aromatic rings. The third-order valence-corrected chi connectivity index (χ3v) is 5.42. The first-order valence-electron chi connectivity index (χ1n) is 10.7. The molecule has 0 bridgehead atoms. The highest BCUT2D eigenvalue weighted by atomic mass is 16.5. The molecule has 0 saturated carbocycles. The number of hydrazine groups is 1. The van der Waals surface area contributed by atoms with Crippen LogP contribution in [0.2, 0.25) is 0 Å². The predicted molar refractivity (Wildman–Crippen MR) is 120 cm³/mol. The number of esters is 1. The van der Waals surface area contributed by atoms with E-state index in [2.05, 4.69) is 0 Å². The lowest BCUT2D eigenvalue weighted by molar-refractivity contribution is -0.159. The summed E-state index contributed by atoms with van der Waals surface area (Å²) in [5.74, 6) is -1.18. The quantitative estimate of drug-likeness (QED) is 0.477. The van der Waals surface area contributed by atoms with E-state index in [0.29, 0.717) is 24.2 Å². The fourth-order valence-corrected chi connectivity index (χ4v) is 3.58. The van der Waals surface area contributed by atoms with Crippen LogP contribution in [0, 0.1) is 10.8 Å². The third kappa shape index (κ3) is 4.33. The number of amides is 2. The number of para-hydroxylation sites is 2. The van der Waals surface area contributed by atoms with E-state index in [1.807, 2.05) is 43.3 Å². The number of anilines is 2. The molecule has 1 aliphatic heterocycles. The third-order valence-electron chi connectivity index (χ3n) is 5.42. The number of hydrogen-bond donors (Lipinski definition) is 0. The minimum absolute atomic E-state index is 0.270. The molecule has 2 aromatic carbocycles. The van der Waals surface area contributed by atoms with Gasteiger partial charge in [-0.2, -0.15) is 0 Å². The van der Waals surface area contributed by atoms with Crippen molar-refractivity contribution in [3.8, 4) is 0 Å². The summed E-state index contributed by atoms with van der Waals surface area (Å²) in [7, 11) is 0. The van der Waals surface area contributed by atoms with Crippen molar-refractivity contribution < 1.29 is 19.1 Å². The van der Waals surface area contributed by atoms with E-state index in [0.717, 1.165) is 6.42 Å². The van der Waals surface area contributed by atoms with Crippen molar-refractivity contribution in [2.45, 2.75) is 47.0 Å². The van der Waals surface area contributed by atoms with E-state index in [9.17, 15) is 14.4 Å². The number of carbonyl (C=O) groups excluding carboxylic acids is 3. The zero-order valence-corrected chi connectivity index (χ0v) is 18.6. The Hall–Kier alpha value is -3.15. The first-order valence-corrected chi connectivity index (χ1v) is 10.7. The van der Waals surface area contributed by atoms with Gasteiger partial charge < -0.3 is 4.74 Å². The second kappa shape index (κ2) is 8.92. The van der Waals surface area contributed by atoms with Gasteiger partial charge in [0.2, 0.25) is 0 Å². The number of carbonyl (C=O) groups is 3. The maximum absolute atomic E-state index is 13.9. The van der Waals surface area contributed by atoms with Gasteiger partial charge in [-0.1, -0.05) is 56.2 Å². The van der Waals surface area contributed by atoms with Crippen molar-refractivity contribution in [3.63, 3.8) is 0 Å². The van der Waals surface area contributed by atoms with E-state index in [1.54, 1.807) is 45.0 Å². The topological polar surface area (TPSA) is 66.9 Å². The summed E-state index contributed by atoms with van der Waals surface area (Å²) in [6.45, 7) is 6.98. The van der Waals surface area contributed by atoms with E-state index < -0.39 is 16.8 Å². The molecular formula is C25H30N2O4. The lowest BCUT2D eigenvalue weighted by Crippen LogP contribution is -2.43. The molecule has 0 N–H and O–H groups in total. The Morgan fingerprint density at radius 1 is 0.871 bits per heavy atom. The molecule has 164 valence electrons. The van der Waals surface area contributed by atoms with Crippen LogP contribution in [-0.4, -0.2) is 24.4 Å². The van der Waals surface area contributed by atoms with Gasteiger partial charge >= 0.3 is 5.97 Å². The molecule has 31 heavy (non-hydrogen) atoms. The fourth-order valence-electron chi connectivity index (χ4n) is 3.58. The molecular weight excluding hydrogens is 392 g/mol. The van der Waals surface area contributed by atoms with Gasteiger partial charge in [-0.15, -0.1) is 0 Å². The van der Waals surface area contributed by atoms with Crippen LogP contribution in [0.3, 0.4) is 0 Å². The molecule has 0 unspecified atom stereocenters. The number of rotatable bonds is 7. The molecule has 6 nitrogen and oxygen atoms in total. The largest absolute Gasteiger partial charge is 0.464 e. The van der Waals surface area contributed by atoms with E-state index in [4.69, 9.17) is 4.74 Å². The van der Waals surface area contributed by atoms with Crippen molar-refractivity contribution in [2.75, 3.05) is 16.6 Å². The lowest BCUT2D eigenvalue weighted by Gasteiger charge is -2.27. The van der Waals surface area contributed by atoms with E-state index >= 15 is 0 Å². The van der Waals surface area contributed by atoms with E-state index in [-0.39, 0.29) is 18.4 Å². The van der Waals surface area contributed by atoms with Gasteiger partial charge in [0.1, 0.15) is 6.61 Å². The first-order chi connectivity index (χ1) is 14.7. The minimum Gasteiger partial charge on any atom is -0.464 e. The number of unbranched alkanes of at least 4 members (excludes halogenated alkanes) is 1. The molecule has 3 rings (SSSR count). The molecule has 2 amide bonds. The Labute approximate surface area is 183 Å². The highest BCUT2D eigenvalue weighted by Gasteiger charge is 2.60. The van der Waals surface area contributed by atoms with Gasteiger partial charge in [0.05, 0.1) is 16.8 Å². The summed E-state index contributed by atoms with van der Waals surface area (Å²) >= 11 is 0. The van der Waals surface area contributed by atoms with Gasteiger partial charge in [-0.05, 0) is 51.5 Å². The Kier molecular flexibility index (Phi) is 6.48.